The normalized spacial score (nSPS) is 11.8. The molecule has 4 nitrogen and oxygen atoms in total. The number of aromatic nitrogens is 3. The number of benzene rings is 1. The van der Waals surface area contributed by atoms with E-state index < -0.39 is 0 Å². The topological polar surface area (TPSA) is 42.7 Å². The third kappa shape index (κ3) is 2.96. The van der Waals surface area contributed by atoms with Crippen LogP contribution in [0.25, 0.3) is 5.69 Å². The van der Waals surface area contributed by atoms with Gasteiger partial charge in [0.2, 0.25) is 0 Å². The summed E-state index contributed by atoms with van der Waals surface area (Å²) in [7, 11) is 0. The average Bonchev–Trinajstić information content (AvgIpc) is 2.68. The van der Waals surface area contributed by atoms with Gasteiger partial charge in [-0.05, 0) is 39.8 Å². The van der Waals surface area contributed by atoms with Crippen LogP contribution < -0.4 is 5.32 Å². The number of hydrogen-bond acceptors (Lipinski definition) is 3. The number of nitrogens with zero attached hydrogens (tertiary/aromatic N) is 3. The summed E-state index contributed by atoms with van der Waals surface area (Å²) in [5.74, 6) is 1.85. The van der Waals surface area contributed by atoms with Crippen LogP contribution in [-0.4, -0.2) is 20.3 Å². The summed E-state index contributed by atoms with van der Waals surface area (Å²) in [6.45, 7) is 9.11. The van der Waals surface area contributed by atoms with Crippen LogP contribution in [0.2, 0.25) is 0 Å². The lowest BCUT2D eigenvalue weighted by molar-refractivity contribution is 0.415. The predicted molar refractivity (Wildman–Crippen MR) is 72.7 cm³/mol. The van der Waals surface area contributed by atoms with Gasteiger partial charge in [0.25, 0.3) is 0 Å². The van der Waals surface area contributed by atoms with Crippen molar-refractivity contribution >= 4 is 0 Å². The summed E-state index contributed by atoms with van der Waals surface area (Å²) in [6, 6.07) is 10.2. The van der Waals surface area contributed by atoms with Crippen molar-refractivity contribution in [2.75, 3.05) is 0 Å². The Hall–Kier alpha value is -1.68. The lowest BCUT2D eigenvalue weighted by atomic mass is 10.1. The Bertz CT molecular complexity index is 508. The van der Waals surface area contributed by atoms with E-state index in [-0.39, 0.29) is 5.54 Å². The van der Waals surface area contributed by atoms with E-state index >= 15 is 0 Å². The smallest absolute Gasteiger partial charge is 0.151 e. The van der Waals surface area contributed by atoms with E-state index in [0.717, 1.165) is 17.3 Å². The summed E-state index contributed by atoms with van der Waals surface area (Å²) in [6.07, 6.45) is 0. The second kappa shape index (κ2) is 4.90. The van der Waals surface area contributed by atoms with Crippen LogP contribution in [-0.2, 0) is 6.54 Å². The number of hydrogen-bond donors (Lipinski definition) is 1. The zero-order valence-corrected chi connectivity index (χ0v) is 11.4. The average molecular weight is 244 g/mol. The van der Waals surface area contributed by atoms with Gasteiger partial charge in [0.15, 0.2) is 5.82 Å². The van der Waals surface area contributed by atoms with Crippen molar-refractivity contribution in [2.24, 2.45) is 0 Å². The van der Waals surface area contributed by atoms with Crippen molar-refractivity contribution in [3.63, 3.8) is 0 Å². The number of aryl methyl sites for hydroxylation is 1. The minimum absolute atomic E-state index is 0.0708. The van der Waals surface area contributed by atoms with Crippen LogP contribution in [0, 0.1) is 6.92 Å². The van der Waals surface area contributed by atoms with Crippen molar-refractivity contribution in [3.05, 3.63) is 42.0 Å². The van der Waals surface area contributed by atoms with Gasteiger partial charge >= 0.3 is 0 Å². The first-order chi connectivity index (χ1) is 8.47. The molecule has 0 spiro atoms. The van der Waals surface area contributed by atoms with Crippen LogP contribution in [0.4, 0.5) is 0 Å². The Labute approximate surface area is 108 Å². The largest absolute Gasteiger partial charge is 0.305 e. The molecule has 0 aliphatic carbocycles. The van der Waals surface area contributed by atoms with E-state index in [2.05, 4.69) is 53.0 Å². The van der Waals surface area contributed by atoms with Gasteiger partial charge in [-0.2, -0.15) is 0 Å². The first-order valence-electron chi connectivity index (χ1n) is 6.19. The fraction of sp³-hybridized carbons (Fsp3) is 0.429. The highest BCUT2D eigenvalue weighted by atomic mass is 15.3. The molecule has 0 aliphatic rings. The maximum absolute atomic E-state index is 4.25. The summed E-state index contributed by atoms with van der Waals surface area (Å²) < 4.78 is 2.08. The predicted octanol–water partition coefficient (Wildman–Crippen LogP) is 2.46. The van der Waals surface area contributed by atoms with Gasteiger partial charge in [-0.25, -0.2) is 0 Å². The molecule has 96 valence electrons. The van der Waals surface area contributed by atoms with Gasteiger partial charge < -0.3 is 5.32 Å². The van der Waals surface area contributed by atoms with Crippen molar-refractivity contribution < 1.29 is 0 Å². The maximum atomic E-state index is 4.25. The fourth-order valence-corrected chi connectivity index (χ4v) is 1.78. The van der Waals surface area contributed by atoms with Crippen LogP contribution in [0.3, 0.4) is 0 Å². The van der Waals surface area contributed by atoms with Gasteiger partial charge in [0.1, 0.15) is 5.82 Å². The summed E-state index contributed by atoms with van der Waals surface area (Å²) in [5, 5.41) is 11.9. The zero-order chi connectivity index (χ0) is 13.2. The highest BCUT2D eigenvalue weighted by molar-refractivity contribution is 5.33. The molecule has 0 atom stereocenters. The van der Waals surface area contributed by atoms with E-state index in [9.17, 15) is 0 Å². The van der Waals surface area contributed by atoms with Gasteiger partial charge in [-0.15, -0.1) is 10.2 Å². The van der Waals surface area contributed by atoms with Crippen LogP contribution in [0.5, 0.6) is 0 Å². The van der Waals surface area contributed by atoms with Crippen molar-refractivity contribution in [1.29, 1.82) is 0 Å². The molecule has 4 heteroatoms. The fourth-order valence-electron chi connectivity index (χ4n) is 1.78. The highest BCUT2D eigenvalue weighted by Gasteiger charge is 2.14. The third-order valence-electron chi connectivity index (χ3n) is 2.68. The highest BCUT2D eigenvalue weighted by Crippen LogP contribution is 2.13. The quantitative estimate of drug-likeness (QED) is 0.902. The van der Waals surface area contributed by atoms with Gasteiger partial charge in [-0.1, -0.05) is 18.2 Å². The van der Waals surface area contributed by atoms with Crippen LogP contribution in [0.1, 0.15) is 32.4 Å². The lowest BCUT2D eigenvalue weighted by Crippen LogP contribution is -2.35. The Kier molecular flexibility index (Phi) is 3.48. The molecule has 0 aliphatic heterocycles. The molecule has 1 aromatic carbocycles. The molecule has 1 aromatic heterocycles. The van der Waals surface area contributed by atoms with E-state index in [1.165, 1.54) is 0 Å². The molecule has 0 unspecified atom stereocenters. The molecular formula is C14H20N4. The summed E-state index contributed by atoms with van der Waals surface area (Å²) in [5.41, 5.74) is 1.17. The molecule has 0 saturated heterocycles. The van der Waals surface area contributed by atoms with E-state index in [1.807, 2.05) is 25.1 Å². The standard InChI is InChI=1S/C14H20N4/c1-11-16-17-13(10-15-14(2,3)4)18(11)12-8-6-5-7-9-12/h5-9,15H,10H2,1-4H3. The Balaban J connectivity index is 2.28. The molecule has 1 heterocycles. The summed E-state index contributed by atoms with van der Waals surface area (Å²) in [4.78, 5) is 0. The molecular weight excluding hydrogens is 224 g/mol. The molecule has 18 heavy (non-hydrogen) atoms. The molecule has 0 saturated carbocycles. The molecule has 2 aromatic rings. The van der Waals surface area contributed by atoms with Gasteiger partial charge in [-0.3, -0.25) is 4.57 Å². The van der Waals surface area contributed by atoms with Gasteiger partial charge in [0, 0.05) is 11.2 Å². The number of rotatable bonds is 3. The van der Waals surface area contributed by atoms with E-state index in [0.29, 0.717) is 6.54 Å². The van der Waals surface area contributed by atoms with Crippen LogP contribution in [0.15, 0.2) is 30.3 Å². The number of para-hydroxylation sites is 1. The molecule has 1 N–H and O–H groups in total. The summed E-state index contributed by atoms with van der Waals surface area (Å²) >= 11 is 0. The Morgan fingerprint density at radius 3 is 2.39 bits per heavy atom. The third-order valence-corrected chi connectivity index (χ3v) is 2.68. The molecule has 2 rings (SSSR count). The Morgan fingerprint density at radius 1 is 1.11 bits per heavy atom. The van der Waals surface area contributed by atoms with Crippen molar-refractivity contribution in [2.45, 2.75) is 39.8 Å². The minimum Gasteiger partial charge on any atom is -0.305 e. The van der Waals surface area contributed by atoms with E-state index in [1.54, 1.807) is 0 Å². The van der Waals surface area contributed by atoms with Crippen LogP contribution >= 0.6 is 0 Å². The second-order valence-corrected chi connectivity index (χ2v) is 5.44. The molecule has 0 radical (unpaired) electrons. The lowest BCUT2D eigenvalue weighted by Gasteiger charge is -2.20. The molecule has 0 amide bonds. The van der Waals surface area contributed by atoms with Gasteiger partial charge in [0.05, 0.1) is 6.54 Å². The first kappa shape index (κ1) is 12.8. The van der Waals surface area contributed by atoms with Crippen molar-refractivity contribution in [3.8, 4) is 5.69 Å². The Morgan fingerprint density at radius 2 is 1.78 bits per heavy atom. The zero-order valence-electron chi connectivity index (χ0n) is 11.4. The number of nitrogens with one attached hydrogen (secondary N) is 1. The molecule has 0 bridgehead atoms. The minimum atomic E-state index is 0.0708. The second-order valence-electron chi connectivity index (χ2n) is 5.44. The van der Waals surface area contributed by atoms with E-state index in [4.69, 9.17) is 0 Å². The molecule has 0 fully saturated rings. The SMILES string of the molecule is Cc1nnc(CNC(C)(C)C)n1-c1ccccc1. The van der Waals surface area contributed by atoms with Crippen molar-refractivity contribution in [1.82, 2.24) is 20.1 Å². The maximum Gasteiger partial charge on any atom is 0.151 e. The first-order valence-corrected chi connectivity index (χ1v) is 6.19. The monoisotopic (exact) mass is 244 g/mol.